The van der Waals surface area contributed by atoms with Gasteiger partial charge in [0.05, 0.1) is 0 Å². The lowest BCUT2D eigenvalue weighted by Gasteiger charge is -2.30. The van der Waals surface area contributed by atoms with E-state index in [9.17, 15) is 0 Å². The van der Waals surface area contributed by atoms with Gasteiger partial charge in [0, 0.05) is 36.7 Å². The Morgan fingerprint density at radius 1 is 0.414 bits per heavy atom. The maximum absolute atomic E-state index is 4.40. The van der Waals surface area contributed by atoms with Gasteiger partial charge >= 0.3 is 0 Å². The second-order valence-electron chi connectivity index (χ2n) is 22.2. The Kier molecular flexibility index (Phi) is 39.6. The summed E-state index contributed by atoms with van der Waals surface area (Å²) in [5.41, 5.74) is 5.59. The van der Waals surface area contributed by atoms with Gasteiger partial charge in [0.25, 0.3) is 0 Å². The van der Waals surface area contributed by atoms with Gasteiger partial charge in [0.15, 0.2) is 0 Å². The van der Waals surface area contributed by atoms with E-state index in [1.54, 1.807) is 0 Å². The van der Waals surface area contributed by atoms with E-state index in [2.05, 4.69) is 140 Å². The Hall–Kier alpha value is -1.38. The SMILES string of the molecule is C=C(CCCC(CCCCC(=C)NCCC(C)(C)CCC(C)(C)C)CCCCC(=C)NCC(C)(C)CCC(C)(C)C)NCCC(C)(C)CCCC.CC.CC.CCC. The quantitative estimate of drug-likeness (QED) is 0.0592. The van der Waals surface area contributed by atoms with Gasteiger partial charge in [0.1, 0.15) is 0 Å². The number of allylic oxidation sites excluding steroid dienone is 3. The zero-order valence-electron chi connectivity index (χ0n) is 44.2. The molecule has 0 aromatic heterocycles. The van der Waals surface area contributed by atoms with E-state index < -0.39 is 0 Å². The van der Waals surface area contributed by atoms with Crippen LogP contribution in [0.15, 0.2) is 36.8 Å². The van der Waals surface area contributed by atoms with E-state index in [4.69, 9.17) is 0 Å². The molecule has 0 rings (SSSR count). The van der Waals surface area contributed by atoms with Gasteiger partial charge in [-0.3, -0.25) is 0 Å². The Bertz CT molecular complexity index is 955. The van der Waals surface area contributed by atoms with Crippen molar-refractivity contribution >= 4 is 0 Å². The highest BCUT2D eigenvalue weighted by atomic mass is 14.9. The van der Waals surface area contributed by atoms with Crippen LogP contribution in [0.3, 0.4) is 0 Å². The molecule has 0 radical (unpaired) electrons. The molecule has 0 heterocycles. The van der Waals surface area contributed by atoms with Crippen LogP contribution in [0.5, 0.6) is 0 Å². The van der Waals surface area contributed by atoms with Gasteiger partial charge < -0.3 is 16.0 Å². The fourth-order valence-electron chi connectivity index (χ4n) is 6.79. The molecule has 3 heteroatoms. The summed E-state index contributed by atoms with van der Waals surface area (Å²) in [6.45, 7) is 59.4. The van der Waals surface area contributed by atoms with Crippen LogP contribution in [0.1, 0.15) is 266 Å². The highest BCUT2D eigenvalue weighted by Gasteiger charge is 2.23. The topological polar surface area (TPSA) is 36.1 Å². The number of hydrogen-bond donors (Lipinski definition) is 3. The van der Waals surface area contributed by atoms with Crippen molar-refractivity contribution in [3.05, 3.63) is 36.8 Å². The Morgan fingerprint density at radius 3 is 1.16 bits per heavy atom. The summed E-state index contributed by atoms with van der Waals surface area (Å²) in [6, 6.07) is 0. The molecule has 0 aromatic carbocycles. The molecule has 58 heavy (non-hydrogen) atoms. The molecule has 0 aliphatic carbocycles. The number of unbranched alkanes of at least 4 members (excludes halogenated alkanes) is 3. The van der Waals surface area contributed by atoms with Crippen molar-refractivity contribution in [1.29, 1.82) is 0 Å². The maximum atomic E-state index is 4.40. The summed E-state index contributed by atoms with van der Waals surface area (Å²) < 4.78 is 0. The molecule has 0 spiro atoms. The largest absolute Gasteiger partial charge is 0.389 e. The first kappa shape index (κ1) is 63.3. The summed E-state index contributed by atoms with van der Waals surface area (Å²) in [7, 11) is 0. The lowest BCUT2D eigenvalue weighted by molar-refractivity contribution is 0.240. The standard InChI is InChI=1S/C48H95N3.C3H8.2C2H6/c1-17-18-30-46(11,12)35-37-50-41(3)26-23-29-43(28-22-20-25-42(4)51-39-48(15,16)34-32-45(8,9)10)27-21-19-24-40(2)49-38-36-47(13,14)33-31-44(5,6)7;1-3-2;2*1-2/h43,49-51H,2-4,17-39H2,1,5-16H3;3H2,1-2H3;2*1-2H3. The normalized spacial score (nSPS) is 12.5. The van der Waals surface area contributed by atoms with Crippen LogP contribution < -0.4 is 16.0 Å². The molecule has 0 amide bonds. The second kappa shape index (κ2) is 36.3. The van der Waals surface area contributed by atoms with E-state index in [0.717, 1.165) is 44.8 Å². The summed E-state index contributed by atoms with van der Waals surface area (Å²) in [6.07, 6.45) is 26.3. The average molecular weight is 819 g/mol. The zero-order valence-corrected chi connectivity index (χ0v) is 44.2. The predicted molar refractivity (Wildman–Crippen MR) is 272 cm³/mol. The molecule has 0 saturated carbocycles. The molecule has 0 aliphatic heterocycles. The van der Waals surface area contributed by atoms with Crippen LogP contribution in [0.4, 0.5) is 0 Å². The predicted octanol–water partition coefficient (Wildman–Crippen LogP) is 18.4. The summed E-state index contributed by atoms with van der Waals surface area (Å²) in [5.74, 6) is 0.799. The monoisotopic (exact) mass is 818 g/mol. The van der Waals surface area contributed by atoms with Gasteiger partial charge in [-0.25, -0.2) is 0 Å². The van der Waals surface area contributed by atoms with E-state index in [0.29, 0.717) is 27.1 Å². The molecule has 1 atom stereocenters. The van der Waals surface area contributed by atoms with Crippen molar-refractivity contribution in [3.63, 3.8) is 0 Å². The third-order valence-electron chi connectivity index (χ3n) is 11.3. The van der Waals surface area contributed by atoms with Crippen molar-refractivity contribution in [3.8, 4) is 0 Å². The Morgan fingerprint density at radius 2 is 0.759 bits per heavy atom. The first-order valence-electron chi connectivity index (χ1n) is 25.1. The van der Waals surface area contributed by atoms with E-state index in [1.165, 1.54) is 133 Å². The molecule has 3 N–H and O–H groups in total. The molecule has 0 aliphatic rings. The van der Waals surface area contributed by atoms with Gasteiger partial charge in [-0.05, 0) is 116 Å². The van der Waals surface area contributed by atoms with Crippen LogP contribution in [0.2, 0.25) is 0 Å². The third kappa shape index (κ3) is 47.3. The Balaban J connectivity index is -0.00000195. The molecular formula is C55H115N3. The molecule has 1 unspecified atom stereocenters. The molecule has 0 saturated heterocycles. The van der Waals surface area contributed by atoms with E-state index in [1.807, 2.05) is 27.7 Å². The van der Waals surface area contributed by atoms with E-state index >= 15 is 0 Å². The number of hydrogen-bond acceptors (Lipinski definition) is 3. The average Bonchev–Trinajstić information content (AvgIpc) is 3.13. The first-order valence-corrected chi connectivity index (χ1v) is 25.1. The summed E-state index contributed by atoms with van der Waals surface area (Å²) in [4.78, 5) is 0. The van der Waals surface area contributed by atoms with Crippen LogP contribution in [-0.2, 0) is 0 Å². The van der Waals surface area contributed by atoms with Crippen LogP contribution >= 0.6 is 0 Å². The molecule has 0 fully saturated rings. The fraction of sp³-hybridized carbons (Fsp3) is 0.891. The third-order valence-corrected chi connectivity index (χ3v) is 11.3. The second-order valence-corrected chi connectivity index (χ2v) is 22.2. The van der Waals surface area contributed by atoms with E-state index in [-0.39, 0.29) is 0 Å². The fourth-order valence-corrected chi connectivity index (χ4v) is 6.79. The van der Waals surface area contributed by atoms with Crippen LogP contribution in [0.25, 0.3) is 0 Å². The van der Waals surface area contributed by atoms with Crippen molar-refractivity contribution in [1.82, 2.24) is 16.0 Å². The highest BCUT2D eigenvalue weighted by Crippen LogP contribution is 2.33. The Labute approximate surface area is 370 Å². The summed E-state index contributed by atoms with van der Waals surface area (Å²) >= 11 is 0. The van der Waals surface area contributed by atoms with Gasteiger partial charge in [0.2, 0.25) is 0 Å². The van der Waals surface area contributed by atoms with Crippen LogP contribution in [-0.4, -0.2) is 19.6 Å². The maximum Gasteiger partial charge on any atom is 0.0195 e. The molecular weight excluding hydrogens is 703 g/mol. The first-order chi connectivity index (χ1) is 26.9. The van der Waals surface area contributed by atoms with Gasteiger partial charge in [-0.1, -0.05) is 203 Å². The van der Waals surface area contributed by atoms with Crippen molar-refractivity contribution in [2.24, 2.45) is 33.0 Å². The van der Waals surface area contributed by atoms with Crippen molar-refractivity contribution < 1.29 is 0 Å². The van der Waals surface area contributed by atoms with Crippen LogP contribution in [0, 0.1) is 33.0 Å². The minimum absolute atomic E-state index is 0.301. The summed E-state index contributed by atoms with van der Waals surface area (Å²) in [5, 5.41) is 11.0. The van der Waals surface area contributed by atoms with Gasteiger partial charge in [-0.15, -0.1) is 0 Å². The number of rotatable bonds is 32. The molecule has 350 valence electrons. The minimum atomic E-state index is 0.301. The minimum Gasteiger partial charge on any atom is -0.389 e. The lowest BCUT2D eigenvalue weighted by atomic mass is 9.78. The van der Waals surface area contributed by atoms with Gasteiger partial charge in [-0.2, -0.15) is 0 Å². The smallest absolute Gasteiger partial charge is 0.0195 e. The number of nitrogens with one attached hydrogen (secondary N) is 3. The van der Waals surface area contributed by atoms with Crippen molar-refractivity contribution in [2.75, 3.05) is 19.6 Å². The van der Waals surface area contributed by atoms with Crippen molar-refractivity contribution in [2.45, 2.75) is 266 Å². The molecule has 3 nitrogen and oxygen atoms in total. The molecule has 0 bridgehead atoms. The molecule has 0 aromatic rings. The highest BCUT2D eigenvalue weighted by molar-refractivity contribution is 4.94. The lowest BCUT2D eigenvalue weighted by Crippen LogP contribution is -2.29. The zero-order chi connectivity index (χ0) is 45.9.